The van der Waals surface area contributed by atoms with Crippen LogP contribution < -0.4 is 10.9 Å². The van der Waals surface area contributed by atoms with E-state index in [1.54, 1.807) is 19.9 Å². The van der Waals surface area contributed by atoms with Gasteiger partial charge in [-0.25, -0.2) is 4.68 Å². The fourth-order valence-corrected chi connectivity index (χ4v) is 3.10. The van der Waals surface area contributed by atoms with Crippen molar-refractivity contribution in [3.8, 4) is 10.6 Å². The molecule has 0 aliphatic heterocycles. The van der Waals surface area contributed by atoms with E-state index in [1.807, 2.05) is 17.5 Å². The molecule has 27 heavy (non-hydrogen) atoms. The molecule has 1 N–H and O–H groups in total. The van der Waals surface area contributed by atoms with Crippen molar-refractivity contribution in [1.29, 1.82) is 0 Å². The number of amides is 1. The Bertz CT molecular complexity index is 1040. The van der Waals surface area contributed by atoms with Gasteiger partial charge in [-0.15, -0.1) is 11.3 Å². The lowest BCUT2D eigenvalue weighted by Gasteiger charge is -2.25. The second-order valence-electron chi connectivity index (χ2n) is 6.26. The van der Waals surface area contributed by atoms with Crippen LogP contribution in [-0.4, -0.2) is 20.6 Å². The number of benzene rings is 1. The van der Waals surface area contributed by atoms with Crippen LogP contribution in [0.25, 0.3) is 10.6 Å². The van der Waals surface area contributed by atoms with Crippen molar-refractivity contribution in [1.82, 2.24) is 9.78 Å². The van der Waals surface area contributed by atoms with E-state index in [9.17, 15) is 19.7 Å². The molecule has 0 aliphatic rings. The number of aromatic nitrogens is 2. The third-order valence-corrected chi connectivity index (χ3v) is 4.89. The smallest absolute Gasteiger partial charge is 0.269 e. The number of thiophene rings is 1. The summed E-state index contributed by atoms with van der Waals surface area (Å²) in [6.45, 7) is 3.17. The van der Waals surface area contributed by atoms with E-state index >= 15 is 0 Å². The first-order valence-electron chi connectivity index (χ1n) is 8.00. The van der Waals surface area contributed by atoms with E-state index in [0.29, 0.717) is 11.4 Å². The molecule has 2 heterocycles. The molecule has 9 heteroatoms. The predicted molar refractivity (Wildman–Crippen MR) is 103 cm³/mol. The predicted octanol–water partition coefficient (Wildman–Crippen LogP) is 3.25. The van der Waals surface area contributed by atoms with Gasteiger partial charge in [-0.3, -0.25) is 19.7 Å². The maximum atomic E-state index is 12.8. The summed E-state index contributed by atoms with van der Waals surface area (Å²) in [7, 11) is 0. The average molecular weight is 384 g/mol. The summed E-state index contributed by atoms with van der Waals surface area (Å²) in [6, 6.07) is 12.2. The second kappa shape index (κ2) is 7.12. The lowest BCUT2D eigenvalue weighted by Crippen LogP contribution is -2.47. The fourth-order valence-electron chi connectivity index (χ4n) is 2.41. The largest absolute Gasteiger partial charge is 0.324 e. The summed E-state index contributed by atoms with van der Waals surface area (Å²) in [5.41, 5.74) is -0.763. The Balaban J connectivity index is 1.89. The van der Waals surface area contributed by atoms with Crippen LogP contribution in [0.15, 0.2) is 58.7 Å². The molecule has 1 aromatic carbocycles. The molecule has 0 fully saturated rings. The molecule has 3 aromatic rings. The molecule has 2 aromatic heterocycles. The minimum atomic E-state index is -1.27. The number of nitrogens with zero attached hydrogens (tertiary/aromatic N) is 3. The Morgan fingerprint density at radius 3 is 2.48 bits per heavy atom. The van der Waals surface area contributed by atoms with Crippen molar-refractivity contribution in [3.05, 3.63) is 74.4 Å². The number of carbonyl (C=O) groups excluding carboxylic acids is 1. The molecule has 0 radical (unpaired) electrons. The monoisotopic (exact) mass is 384 g/mol. The Hall–Kier alpha value is -3.33. The number of non-ortho nitro benzene ring substituents is 1. The van der Waals surface area contributed by atoms with Gasteiger partial charge in [0.05, 0.1) is 9.80 Å². The molecule has 0 bridgehead atoms. The van der Waals surface area contributed by atoms with Gasteiger partial charge in [0.2, 0.25) is 0 Å². The van der Waals surface area contributed by atoms with Crippen molar-refractivity contribution in [3.63, 3.8) is 0 Å². The van der Waals surface area contributed by atoms with Crippen molar-refractivity contribution in [2.45, 2.75) is 19.4 Å². The third-order valence-electron chi connectivity index (χ3n) is 4.00. The van der Waals surface area contributed by atoms with Gasteiger partial charge in [0, 0.05) is 23.9 Å². The zero-order chi connectivity index (χ0) is 19.6. The molecular weight excluding hydrogens is 368 g/mol. The highest BCUT2D eigenvalue weighted by Gasteiger charge is 2.32. The van der Waals surface area contributed by atoms with Gasteiger partial charge in [-0.1, -0.05) is 6.07 Å². The highest BCUT2D eigenvalue weighted by Crippen LogP contribution is 2.23. The molecule has 0 saturated heterocycles. The molecule has 8 nitrogen and oxygen atoms in total. The topological polar surface area (TPSA) is 107 Å². The van der Waals surface area contributed by atoms with E-state index in [4.69, 9.17) is 0 Å². The summed E-state index contributed by atoms with van der Waals surface area (Å²) in [5.74, 6) is -0.464. The molecular formula is C18H16N4O4S. The number of nitro benzene ring substituents is 1. The molecule has 0 spiro atoms. The van der Waals surface area contributed by atoms with Crippen LogP contribution in [-0.2, 0) is 10.3 Å². The van der Waals surface area contributed by atoms with Crippen LogP contribution in [0.1, 0.15) is 13.8 Å². The summed E-state index contributed by atoms with van der Waals surface area (Å²) >= 11 is 1.48. The van der Waals surface area contributed by atoms with E-state index < -0.39 is 21.9 Å². The van der Waals surface area contributed by atoms with Crippen LogP contribution in [0.2, 0.25) is 0 Å². The Labute approximate surface area is 158 Å². The van der Waals surface area contributed by atoms with E-state index in [-0.39, 0.29) is 5.69 Å². The molecule has 0 unspecified atom stereocenters. The van der Waals surface area contributed by atoms with Gasteiger partial charge in [-0.05, 0) is 43.5 Å². The van der Waals surface area contributed by atoms with Crippen molar-refractivity contribution in [2.75, 3.05) is 5.32 Å². The number of nitro groups is 1. The van der Waals surface area contributed by atoms with Crippen LogP contribution in [0.4, 0.5) is 11.4 Å². The van der Waals surface area contributed by atoms with E-state index in [2.05, 4.69) is 10.4 Å². The molecule has 138 valence electrons. The third kappa shape index (κ3) is 3.77. The summed E-state index contributed by atoms with van der Waals surface area (Å²) in [6.07, 6.45) is 0. The van der Waals surface area contributed by atoms with Crippen LogP contribution in [0, 0.1) is 10.1 Å². The Kier molecular flexibility index (Phi) is 4.87. The molecule has 1 amide bonds. The summed E-state index contributed by atoms with van der Waals surface area (Å²) in [5, 5.41) is 19.6. The van der Waals surface area contributed by atoms with Gasteiger partial charge in [0.25, 0.3) is 17.2 Å². The van der Waals surface area contributed by atoms with Gasteiger partial charge in [0.15, 0.2) is 0 Å². The second-order valence-corrected chi connectivity index (χ2v) is 7.21. The maximum absolute atomic E-state index is 12.8. The number of nitrogens with one attached hydrogen (secondary N) is 1. The number of hydrogen-bond acceptors (Lipinski definition) is 6. The first-order valence-corrected chi connectivity index (χ1v) is 8.87. The van der Waals surface area contributed by atoms with Crippen LogP contribution >= 0.6 is 11.3 Å². The fraction of sp³-hybridized carbons (Fsp3) is 0.167. The minimum Gasteiger partial charge on any atom is -0.324 e. The molecule has 3 rings (SSSR count). The number of rotatable bonds is 5. The SMILES string of the molecule is CC(C)(C(=O)Nc1ccc([N+](=O)[O-])cc1)n1nc(-c2cccs2)ccc1=O. The number of hydrogen-bond donors (Lipinski definition) is 1. The van der Waals surface area contributed by atoms with Gasteiger partial charge < -0.3 is 5.32 Å². The summed E-state index contributed by atoms with van der Waals surface area (Å²) < 4.78 is 1.14. The molecule has 0 atom stereocenters. The first-order chi connectivity index (χ1) is 12.8. The molecule has 0 aliphatic carbocycles. The number of carbonyl (C=O) groups is 1. The van der Waals surface area contributed by atoms with Gasteiger partial charge >= 0.3 is 0 Å². The standard InChI is InChI=1S/C18H16N4O4S/c1-18(2,17(24)19-12-5-7-13(8-6-12)22(25)26)21-16(23)10-9-14(20-21)15-4-3-11-27-15/h3-11H,1-2H3,(H,19,24). The van der Waals surface area contributed by atoms with E-state index in [1.165, 1.54) is 41.7 Å². The zero-order valence-electron chi connectivity index (χ0n) is 14.6. The quantitative estimate of drug-likeness (QED) is 0.537. The van der Waals surface area contributed by atoms with Gasteiger partial charge in [0.1, 0.15) is 11.2 Å². The lowest BCUT2D eigenvalue weighted by atomic mass is 10.0. The van der Waals surface area contributed by atoms with Crippen LogP contribution in [0.3, 0.4) is 0 Å². The van der Waals surface area contributed by atoms with Crippen molar-refractivity contribution >= 4 is 28.6 Å². The first kappa shape index (κ1) is 18.5. The average Bonchev–Trinajstić information content (AvgIpc) is 3.17. The normalized spacial score (nSPS) is 11.2. The highest BCUT2D eigenvalue weighted by molar-refractivity contribution is 7.13. The Morgan fingerprint density at radius 1 is 1.19 bits per heavy atom. The zero-order valence-corrected chi connectivity index (χ0v) is 15.4. The van der Waals surface area contributed by atoms with Crippen molar-refractivity contribution < 1.29 is 9.72 Å². The molecule has 0 saturated carbocycles. The highest BCUT2D eigenvalue weighted by atomic mass is 32.1. The van der Waals surface area contributed by atoms with Crippen LogP contribution in [0.5, 0.6) is 0 Å². The van der Waals surface area contributed by atoms with Gasteiger partial charge in [-0.2, -0.15) is 5.10 Å². The summed E-state index contributed by atoms with van der Waals surface area (Å²) in [4.78, 5) is 36.2. The van der Waals surface area contributed by atoms with E-state index in [0.717, 1.165) is 9.56 Å². The lowest BCUT2D eigenvalue weighted by molar-refractivity contribution is -0.384. The Morgan fingerprint density at radius 2 is 1.89 bits per heavy atom. The maximum Gasteiger partial charge on any atom is 0.269 e. The van der Waals surface area contributed by atoms with Crippen molar-refractivity contribution in [2.24, 2.45) is 0 Å². The number of anilines is 1. The minimum absolute atomic E-state index is 0.0752.